The number of aromatic nitrogens is 5. The Balaban J connectivity index is 1.44. The highest BCUT2D eigenvalue weighted by atomic mass is 28.4. The molecular weight excluding hydrogens is 474 g/mol. The Morgan fingerprint density at radius 2 is 1.94 bits per heavy atom. The Kier molecular flexibility index (Phi) is 5.55. The number of hydrogen-bond donors (Lipinski definition) is 1. The van der Waals surface area contributed by atoms with Gasteiger partial charge in [0, 0.05) is 18.2 Å². The molecule has 0 amide bonds. The van der Waals surface area contributed by atoms with E-state index in [1.54, 1.807) is 21.6 Å². The molecule has 0 fully saturated rings. The van der Waals surface area contributed by atoms with Crippen molar-refractivity contribution in [1.29, 1.82) is 0 Å². The van der Waals surface area contributed by atoms with Crippen molar-refractivity contribution < 1.29 is 14.1 Å². The zero-order chi connectivity index (χ0) is 26.0. The van der Waals surface area contributed by atoms with Crippen LogP contribution in [0, 0.1) is 13.8 Å². The number of hydrogen-bond acceptors (Lipinski definition) is 6. The summed E-state index contributed by atoms with van der Waals surface area (Å²) in [7, 11) is -1.98. The minimum atomic E-state index is -1.98. The van der Waals surface area contributed by atoms with Crippen LogP contribution in [-0.2, 0) is 19.5 Å². The summed E-state index contributed by atoms with van der Waals surface area (Å²) >= 11 is 0. The van der Waals surface area contributed by atoms with Crippen LogP contribution in [0.25, 0.3) is 5.69 Å². The molecule has 0 saturated heterocycles. The van der Waals surface area contributed by atoms with Crippen molar-refractivity contribution >= 4 is 8.32 Å². The summed E-state index contributed by atoms with van der Waals surface area (Å²) in [4.78, 5) is 13.4. The van der Waals surface area contributed by atoms with Crippen molar-refractivity contribution in [3.8, 4) is 17.3 Å². The van der Waals surface area contributed by atoms with Crippen molar-refractivity contribution in [2.24, 2.45) is 0 Å². The molecule has 0 unspecified atom stereocenters. The molecule has 5 rings (SSSR count). The Morgan fingerprint density at radius 1 is 1.19 bits per heavy atom. The second-order valence-corrected chi connectivity index (χ2v) is 15.9. The van der Waals surface area contributed by atoms with Gasteiger partial charge in [-0.1, -0.05) is 32.0 Å². The minimum absolute atomic E-state index is 0.0517. The Morgan fingerprint density at radius 3 is 2.61 bits per heavy atom. The Bertz CT molecular complexity index is 1500. The summed E-state index contributed by atoms with van der Waals surface area (Å²) < 4.78 is 16.4. The molecular formula is C26H33N5O4Si. The summed E-state index contributed by atoms with van der Waals surface area (Å²) in [5.41, 5.74) is 4.69. The second kappa shape index (κ2) is 8.26. The van der Waals surface area contributed by atoms with E-state index in [1.807, 2.05) is 32.0 Å². The predicted octanol–water partition coefficient (Wildman–Crippen LogP) is 4.53. The third-order valence-electron chi connectivity index (χ3n) is 7.64. The quantitative estimate of drug-likeness (QED) is 0.351. The van der Waals surface area contributed by atoms with Crippen LogP contribution in [0.15, 0.2) is 39.9 Å². The van der Waals surface area contributed by atoms with Gasteiger partial charge in [-0.15, -0.1) is 0 Å². The van der Waals surface area contributed by atoms with E-state index < -0.39 is 8.32 Å². The SMILES string of the molecule is Cc1noc(C)c1Cn1cc(-n2c(O)c3n(c2=O)Cc2cc(O[Si](C)(C)C(C)(C)C)ccc2C3)cn1. The van der Waals surface area contributed by atoms with Gasteiger partial charge in [-0.2, -0.15) is 5.10 Å². The third-order valence-corrected chi connectivity index (χ3v) is 12.0. The number of rotatable bonds is 5. The summed E-state index contributed by atoms with van der Waals surface area (Å²) in [6.45, 7) is 15.7. The topological polar surface area (TPSA) is 100 Å². The van der Waals surface area contributed by atoms with Gasteiger partial charge in [0.15, 0.2) is 0 Å². The maximum Gasteiger partial charge on any atom is 0.336 e. The van der Waals surface area contributed by atoms with E-state index in [-0.39, 0.29) is 16.6 Å². The molecule has 0 spiro atoms. The van der Waals surface area contributed by atoms with E-state index in [9.17, 15) is 9.90 Å². The Hall–Kier alpha value is -3.53. The van der Waals surface area contributed by atoms with Crippen LogP contribution < -0.4 is 10.1 Å². The molecule has 0 bridgehead atoms. The highest BCUT2D eigenvalue weighted by molar-refractivity contribution is 6.74. The molecule has 1 aromatic carbocycles. The summed E-state index contributed by atoms with van der Waals surface area (Å²) in [5, 5.41) is 19.5. The summed E-state index contributed by atoms with van der Waals surface area (Å²) in [6.07, 6.45) is 3.80. The largest absolute Gasteiger partial charge is 0.543 e. The highest BCUT2D eigenvalue weighted by Crippen LogP contribution is 2.38. The standard InChI is InChI=1S/C26H33N5O4Si/c1-16-22(17(2)34-28-16)15-29-14-20(12-27-29)31-24(32)23-11-18-8-9-21(35-36(6,7)26(3,4)5)10-19(18)13-30(23)25(31)33/h8-10,12,14,32H,11,13,15H2,1-7H3. The van der Waals surface area contributed by atoms with Crippen molar-refractivity contribution in [3.05, 3.63) is 74.9 Å². The average Bonchev–Trinajstić information content (AvgIpc) is 3.45. The molecule has 190 valence electrons. The van der Waals surface area contributed by atoms with Crippen molar-refractivity contribution in [1.82, 2.24) is 24.1 Å². The fraction of sp³-hybridized carbons (Fsp3) is 0.423. The fourth-order valence-corrected chi connectivity index (χ4v) is 5.40. The number of fused-ring (bicyclic) bond motifs is 2. The molecule has 1 N–H and O–H groups in total. The number of imidazole rings is 1. The van der Waals surface area contributed by atoms with Crippen molar-refractivity contribution in [2.45, 2.75) is 72.3 Å². The molecule has 4 aromatic rings. The van der Waals surface area contributed by atoms with E-state index in [4.69, 9.17) is 8.95 Å². The van der Waals surface area contributed by atoms with E-state index in [1.165, 1.54) is 4.57 Å². The molecule has 10 heteroatoms. The lowest BCUT2D eigenvalue weighted by molar-refractivity contribution is 0.391. The van der Waals surface area contributed by atoms with Gasteiger partial charge in [-0.05, 0) is 55.2 Å². The van der Waals surface area contributed by atoms with Gasteiger partial charge >= 0.3 is 5.69 Å². The first-order valence-electron chi connectivity index (χ1n) is 12.1. The lowest BCUT2D eigenvalue weighted by Gasteiger charge is -2.36. The predicted molar refractivity (Wildman–Crippen MR) is 139 cm³/mol. The minimum Gasteiger partial charge on any atom is -0.543 e. The monoisotopic (exact) mass is 507 g/mol. The molecule has 0 atom stereocenters. The van der Waals surface area contributed by atoms with Crippen LogP contribution in [0.5, 0.6) is 11.6 Å². The molecule has 4 heterocycles. The van der Waals surface area contributed by atoms with Gasteiger partial charge in [0.25, 0.3) is 0 Å². The van der Waals surface area contributed by atoms with Gasteiger partial charge in [-0.3, -0.25) is 9.25 Å². The van der Waals surface area contributed by atoms with Crippen LogP contribution in [0.2, 0.25) is 18.1 Å². The van der Waals surface area contributed by atoms with E-state index >= 15 is 0 Å². The number of nitrogens with zero attached hydrogens (tertiary/aromatic N) is 5. The van der Waals surface area contributed by atoms with Crippen LogP contribution in [0.4, 0.5) is 0 Å². The molecule has 0 radical (unpaired) electrons. The van der Waals surface area contributed by atoms with Gasteiger partial charge in [0.05, 0.1) is 36.4 Å². The molecule has 1 aliphatic rings. The molecule has 0 aliphatic carbocycles. The summed E-state index contributed by atoms with van der Waals surface area (Å²) in [6, 6.07) is 6.09. The van der Waals surface area contributed by atoms with Crippen LogP contribution in [0.1, 0.15) is 54.6 Å². The number of aromatic hydroxyl groups is 1. The third kappa shape index (κ3) is 3.99. The first-order valence-corrected chi connectivity index (χ1v) is 15.1. The molecule has 0 saturated carbocycles. The van der Waals surface area contributed by atoms with E-state index in [2.05, 4.69) is 44.1 Å². The smallest absolute Gasteiger partial charge is 0.336 e. The van der Waals surface area contributed by atoms with Crippen LogP contribution in [0.3, 0.4) is 0 Å². The van der Waals surface area contributed by atoms with Gasteiger partial charge in [-0.25, -0.2) is 9.36 Å². The van der Waals surface area contributed by atoms with Crippen molar-refractivity contribution in [3.63, 3.8) is 0 Å². The lowest BCUT2D eigenvalue weighted by Crippen LogP contribution is -2.43. The summed E-state index contributed by atoms with van der Waals surface area (Å²) in [5.74, 6) is 1.52. The van der Waals surface area contributed by atoms with Gasteiger partial charge in [0.1, 0.15) is 11.5 Å². The van der Waals surface area contributed by atoms with Gasteiger partial charge in [0.2, 0.25) is 14.2 Å². The first-order chi connectivity index (χ1) is 16.9. The average molecular weight is 508 g/mol. The number of benzene rings is 1. The molecule has 9 nitrogen and oxygen atoms in total. The lowest BCUT2D eigenvalue weighted by atomic mass is 9.99. The zero-order valence-electron chi connectivity index (χ0n) is 21.9. The fourth-order valence-electron chi connectivity index (χ4n) is 4.37. The maximum absolute atomic E-state index is 13.4. The normalized spacial score (nSPS) is 13.5. The molecule has 1 aliphatic heterocycles. The second-order valence-electron chi connectivity index (χ2n) is 11.1. The highest BCUT2D eigenvalue weighted by Gasteiger charge is 2.39. The molecule has 36 heavy (non-hydrogen) atoms. The maximum atomic E-state index is 13.4. The Labute approximate surface area is 211 Å². The zero-order valence-corrected chi connectivity index (χ0v) is 22.9. The molecule has 3 aromatic heterocycles. The van der Waals surface area contributed by atoms with Gasteiger partial charge < -0.3 is 14.1 Å². The van der Waals surface area contributed by atoms with Crippen LogP contribution in [-0.4, -0.2) is 37.5 Å². The van der Waals surface area contributed by atoms with Crippen molar-refractivity contribution in [2.75, 3.05) is 0 Å². The van der Waals surface area contributed by atoms with E-state index in [0.717, 1.165) is 33.9 Å². The number of aryl methyl sites for hydroxylation is 2. The first kappa shape index (κ1) is 24.2. The van der Waals surface area contributed by atoms with E-state index in [0.29, 0.717) is 30.9 Å². The van der Waals surface area contributed by atoms with Crippen LogP contribution >= 0.6 is 0 Å².